The topological polar surface area (TPSA) is 81.1 Å². The number of hydrogen-bond acceptors (Lipinski definition) is 5. The van der Waals surface area contributed by atoms with E-state index in [1.54, 1.807) is 11.2 Å². The monoisotopic (exact) mass is 468 g/mol. The van der Waals surface area contributed by atoms with Gasteiger partial charge in [0.2, 0.25) is 10.0 Å². The molecule has 0 amide bonds. The van der Waals surface area contributed by atoms with E-state index >= 15 is 0 Å². The van der Waals surface area contributed by atoms with Crippen molar-refractivity contribution in [1.82, 2.24) is 9.21 Å². The minimum absolute atomic E-state index is 0.00526. The molecule has 0 aliphatic carbocycles. The standard InChI is InChI=1S/C26H32N2O4S/c1-20(30)9-10-21-11-13-23(14-12-21)26-24-17-27(15-5-6-16-28(24)25(26)18-29)33(31,32)19-22-7-3-2-4-8-22/h2-4,7-8,11-14,20,24-26,29-30H,5-6,15-19H2,1H3/t20-,24+,25+,26+/m0/s1. The van der Waals surface area contributed by atoms with Crippen LogP contribution in [0.2, 0.25) is 0 Å². The Balaban J connectivity index is 1.55. The van der Waals surface area contributed by atoms with Crippen LogP contribution in [0, 0.1) is 11.8 Å². The lowest BCUT2D eigenvalue weighted by Crippen LogP contribution is -2.67. The Bertz CT molecular complexity index is 1090. The van der Waals surface area contributed by atoms with Gasteiger partial charge in [0.15, 0.2) is 0 Å². The van der Waals surface area contributed by atoms with Crippen molar-refractivity contribution < 1.29 is 18.6 Å². The van der Waals surface area contributed by atoms with Crippen LogP contribution in [0.3, 0.4) is 0 Å². The van der Waals surface area contributed by atoms with Gasteiger partial charge < -0.3 is 10.2 Å². The molecule has 2 aliphatic heterocycles. The van der Waals surface area contributed by atoms with Gasteiger partial charge in [-0.1, -0.05) is 54.3 Å². The second-order valence-electron chi connectivity index (χ2n) is 8.96. The summed E-state index contributed by atoms with van der Waals surface area (Å²) < 4.78 is 28.2. The first kappa shape index (κ1) is 23.9. The largest absolute Gasteiger partial charge is 0.395 e. The van der Waals surface area contributed by atoms with Gasteiger partial charge in [-0.2, -0.15) is 0 Å². The first-order chi connectivity index (χ1) is 15.9. The molecule has 0 spiro atoms. The molecule has 4 rings (SSSR count). The molecule has 6 nitrogen and oxygen atoms in total. The van der Waals surface area contributed by atoms with Crippen LogP contribution in [0.25, 0.3) is 0 Å². The van der Waals surface area contributed by atoms with E-state index in [0.29, 0.717) is 13.1 Å². The molecule has 2 fully saturated rings. The molecule has 0 saturated carbocycles. The van der Waals surface area contributed by atoms with Crippen molar-refractivity contribution in [3.63, 3.8) is 0 Å². The Hall–Kier alpha value is -2.21. The smallest absolute Gasteiger partial charge is 0.218 e. The second kappa shape index (κ2) is 10.4. The molecule has 7 heteroatoms. The molecule has 2 aromatic carbocycles. The van der Waals surface area contributed by atoms with Crippen LogP contribution in [0.15, 0.2) is 54.6 Å². The van der Waals surface area contributed by atoms with Gasteiger partial charge in [0, 0.05) is 36.7 Å². The summed E-state index contributed by atoms with van der Waals surface area (Å²) in [5.74, 6) is 5.76. The predicted octanol–water partition coefficient (Wildman–Crippen LogP) is 2.17. The fraction of sp³-hybridized carbons (Fsp3) is 0.462. The van der Waals surface area contributed by atoms with Gasteiger partial charge in [0.1, 0.15) is 6.10 Å². The van der Waals surface area contributed by atoms with E-state index in [1.165, 1.54) is 0 Å². The zero-order valence-electron chi connectivity index (χ0n) is 19.0. The number of rotatable bonds is 5. The number of benzene rings is 2. The number of sulfonamides is 1. The van der Waals surface area contributed by atoms with E-state index in [0.717, 1.165) is 36.1 Å². The van der Waals surface area contributed by atoms with Crippen LogP contribution in [-0.2, 0) is 15.8 Å². The van der Waals surface area contributed by atoms with Gasteiger partial charge in [-0.05, 0) is 49.6 Å². The van der Waals surface area contributed by atoms with Crippen molar-refractivity contribution in [3.05, 3.63) is 71.3 Å². The summed E-state index contributed by atoms with van der Waals surface area (Å²) >= 11 is 0. The quantitative estimate of drug-likeness (QED) is 0.658. The Kier molecular flexibility index (Phi) is 7.52. The van der Waals surface area contributed by atoms with E-state index in [9.17, 15) is 18.6 Å². The molecule has 0 bridgehead atoms. The summed E-state index contributed by atoms with van der Waals surface area (Å²) in [6, 6.07) is 17.2. The van der Waals surface area contributed by atoms with Crippen molar-refractivity contribution in [2.45, 2.75) is 49.6 Å². The zero-order valence-corrected chi connectivity index (χ0v) is 19.8. The van der Waals surface area contributed by atoms with E-state index in [1.807, 2.05) is 54.6 Å². The highest BCUT2D eigenvalue weighted by atomic mass is 32.2. The van der Waals surface area contributed by atoms with Gasteiger partial charge in [-0.3, -0.25) is 4.90 Å². The number of hydrogen-bond donors (Lipinski definition) is 2. The molecule has 2 aromatic rings. The van der Waals surface area contributed by atoms with Crippen LogP contribution in [-0.4, -0.2) is 72.3 Å². The van der Waals surface area contributed by atoms with Crippen molar-refractivity contribution in [2.24, 2.45) is 0 Å². The van der Waals surface area contributed by atoms with Crippen LogP contribution in [0.1, 0.15) is 42.4 Å². The van der Waals surface area contributed by atoms with Crippen molar-refractivity contribution in [1.29, 1.82) is 0 Å². The Morgan fingerprint density at radius 3 is 2.42 bits per heavy atom. The van der Waals surface area contributed by atoms with Gasteiger partial charge >= 0.3 is 0 Å². The summed E-state index contributed by atoms with van der Waals surface area (Å²) in [6.45, 7) is 3.50. The minimum atomic E-state index is -3.45. The molecule has 176 valence electrons. The molecule has 2 saturated heterocycles. The molecular weight excluding hydrogens is 436 g/mol. The first-order valence-corrected chi connectivity index (χ1v) is 13.2. The van der Waals surface area contributed by atoms with Crippen LogP contribution in [0.5, 0.6) is 0 Å². The maximum atomic E-state index is 13.3. The van der Waals surface area contributed by atoms with Crippen LogP contribution < -0.4 is 0 Å². The minimum Gasteiger partial charge on any atom is -0.395 e. The fourth-order valence-electron chi connectivity index (χ4n) is 5.01. The van der Waals surface area contributed by atoms with E-state index in [4.69, 9.17) is 0 Å². The van der Waals surface area contributed by atoms with Gasteiger partial charge in [-0.15, -0.1) is 0 Å². The van der Waals surface area contributed by atoms with Crippen LogP contribution in [0.4, 0.5) is 0 Å². The molecule has 33 heavy (non-hydrogen) atoms. The third kappa shape index (κ3) is 5.48. The maximum Gasteiger partial charge on any atom is 0.218 e. The number of nitrogens with zero attached hydrogens (tertiary/aromatic N) is 2. The molecular formula is C26H32N2O4S. The lowest BCUT2D eigenvalue weighted by molar-refractivity contribution is -0.0554. The average molecular weight is 469 g/mol. The lowest BCUT2D eigenvalue weighted by atomic mass is 9.74. The average Bonchev–Trinajstić information content (AvgIpc) is 2.77. The number of fused-ring (bicyclic) bond motifs is 1. The van der Waals surface area contributed by atoms with E-state index in [-0.39, 0.29) is 30.4 Å². The number of aliphatic hydroxyl groups excluding tert-OH is 2. The molecule has 0 aromatic heterocycles. The normalized spacial score (nSPS) is 25.0. The third-order valence-corrected chi connectivity index (χ3v) is 8.46. The summed E-state index contributed by atoms with van der Waals surface area (Å²) in [5, 5.41) is 19.5. The SMILES string of the molecule is C[C@H](O)C#Cc1ccc([C@H]2[C@@H](CO)N3CCCCN(S(=O)(=O)Cc4ccccc4)C[C@H]23)cc1. The highest BCUT2D eigenvalue weighted by Gasteiger charge is 2.50. The molecule has 0 unspecified atom stereocenters. The van der Waals surface area contributed by atoms with Gasteiger partial charge in [0.25, 0.3) is 0 Å². The highest BCUT2D eigenvalue weighted by molar-refractivity contribution is 7.88. The fourth-order valence-corrected chi connectivity index (χ4v) is 6.60. The number of aliphatic hydroxyl groups is 2. The van der Waals surface area contributed by atoms with Crippen molar-refractivity contribution in [2.75, 3.05) is 26.2 Å². The summed E-state index contributed by atoms with van der Waals surface area (Å²) in [6.07, 6.45) is 1.05. The lowest BCUT2D eigenvalue weighted by Gasteiger charge is -2.57. The molecule has 0 radical (unpaired) electrons. The highest BCUT2D eigenvalue weighted by Crippen LogP contribution is 2.42. The molecule has 2 aliphatic rings. The zero-order chi connectivity index (χ0) is 23.4. The maximum absolute atomic E-state index is 13.3. The Morgan fingerprint density at radius 1 is 1.06 bits per heavy atom. The van der Waals surface area contributed by atoms with Crippen LogP contribution >= 0.6 is 0 Å². The van der Waals surface area contributed by atoms with Gasteiger partial charge in [-0.25, -0.2) is 12.7 Å². The van der Waals surface area contributed by atoms with Crippen molar-refractivity contribution in [3.8, 4) is 11.8 Å². The molecule has 2 heterocycles. The first-order valence-electron chi connectivity index (χ1n) is 11.6. The Labute approximate surface area is 196 Å². The third-order valence-electron chi connectivity index (χ3n) is 6.64. The predicted molar refractivity (Wildman–Crippen MR) is 129 cm³/mol. The second-order valence-corrected chi connectivity index (χ2v) is 10.9. The van der Waals surface area contributed by atoms with Gasteiger partial charge in [0.05, 0.1) is 12.4 Å². The molecule has 4 atom stereocenters. The Morgan fingerprint density at radius 2 is 1.76 bits per heavy atom. The van der Waals surface area contributed by atoms with Crippen molar-refractivity contribution >= 4 is 10.0 Å². The summed E-state index contributed by atoms with van der Waals surface area (Å²) in [5.41, 5.74) is 2.70. The van der Waals surface area contributed by atoms with E-state index < -0.39 is 16.1 Å². The van der Waals surface area contributed by atoms with E-state index in [2.05, 4.69) is 16.7 Å². The summed E-state index contributed by atoms with van der Waals surface area (Å²) in [7, 11) is -3.45. The molecule has 2 N–H and O–H groups in total. The summed E-state index contributed by atoms with van der Waals surface area (Å²) in [4.78, 5) is 2.27.